The zero-order valence-electron chi connectivity index (χ0n) is 12.5. The van der Waals surface area contributed by atoms with Crippen molar-refractivity contribution < 1.29 is 14.4 Å². The topological polar surface area (TPSA) is 47.9 Å². The number of esters is 1. The number of ether oxygens (including phenoxy) is 1. The summed E-state index contributed by atoms with van der Waals surface area (Å²) in [7, 11) is 1.60. The first-order valence-corrected chi connectivity index (χ1v) is 8.46. The lowest BCUT2D eigenvalue weighted by Crippen LogP contribution is -2.06. The summed E-state index contributed by atoms with van der Waals surface area (Å²) in [6.45, 7) is 2.31. The Balaban J connectivity index is 2.00. The first-order chi connectivity index (χ1) is 9.77. The molecule has 0 aliphatic heterocycles. The molecule has 1 aliphatic carbocycles. The van der Waals surface area contributed by atoms with Crippen LogP contribution in [0.3, 0.4) is 0 Å². The van der Waals surface area contributed by atoms with E-state index < -0.39 is 0 Å². The van der Waals surface area contributed by atoms with E-state index in [1.54, 1.807) is 18.9 Å². The Kier molecular flexibility index (Phi) is 9.20. The van der Waals surface area contributed by atoms with Crippen LogP contribution in [0.5, 0.6) is 0 Å². The van der Waals surface area contributed by atoms with Crippen molar-refractivity contribution >= 4 is 23.4 Å². The van der Waals surface area contributed by atoms with Gasteiger partial charge in [0.1, 0.15) is 7.11 Å². The summed E-state index contributed by atoms with van der Waals surface area (Å²) in [6, 6.07) is 0. The molecule has 1 aliphatic rings. The van der Waals surface area contributed by atoms with E-state index in [4.69, 9.17) is 9.57 Å². The zero-order chi connectivity index (χ0) is 14.6. The Morgan fingerprint density at radius 1 is 1.40 bits per heavy atom. The second-order valence-corrected chi connectivity index (χ2v) is 5.76. The Bertz CT molecular complexity index is 353. The van der Waals surface area contributed by atoms with Crippen LogP contribution in [0.2, 0.25) is 0 Å². The molecule has 0 saturated carbocycles. The van der Waals surface area contributed by atoms with E-state index in [2.05, 4.69) is 11.2 Å². The highest BCUT2D eigenvalue weighted by atomic mass is 32.2. The lowest BCUT2D eigenvalue weighted by atomic mass is 10.1. The lowest BCUT2D eigenvalue weighted by molar-refractivity contribution is -0.139. The maximum atomic E-state index is 11.1. The largest absolute Gasteiger partial charge is 0.465 e. The number of unbranched alkanes of at least 4 members (excludes halogenated alkanes) is 2. The standard InChI is InChI=1S/C15H25NO3S/c1-3-19-15(17)12-20-11-6-4-5-8-13-9-7-10-14(13)16-18-2/h9H,3-8,10-12H2,1-2H3. The van der Waals surface area contributed by atoms with Gasteiger partial charge in [-0.3, -0.25) is 4.79 Å². The first-order valence-electron chi connectivity index (χ1n) is 7.30. The quantitative estimate of drug-likeness (QED) is 0.351. The van der Waals surface area contributed by atoms with Crippen LogP contribution in [0.15, 0.2) is 16.8 Å². The van der Waals surface area contributed by atoms with E-state index in [1.165, 1.54) is 18.4 Å². The van der Waals surface area contributed by atoms with Crippen molar-refractivity contribution in [3.05, 3.63) is 11.6 Å². The van der Waals surface area contributed by atoms with Crippen molar-refractivity contribution in [1.82, 2.24) is 0 Å². The third-order valence-corrected chi connectivity index (χ3v) is 4.12. The minimum Gasteiger partial charge on any atom is -0.465 e. The van der Waals surface area contributed by atoms with Gasteiger partial charge in [-0.2, -0.15) is 11.8 Å². The molecule has 0 unspecified atom stereocenters. The number of allylic oxidation sites excluding steroid dienone is 2. The summed E-state index contributed by atoms with van der Waals surface area (Å²) in [5.74, 6) is 1.40. The number of nitrogens with zero attached hydrogens (tertiary/aromatic N) is 1. The molecule has 0 amide bonds. The molecule has 0 bridgehead atoms. The average molecular weight is 299 g/mol. The van der Waals surface area contributed by atoms with Crippen molar-refractivity contribution in [2.45, 2.75) is 45.4 Å². The lowest BCUT2D eigenvalue weighted by Gasteiger charge is -2.05. The van der Waals surface area contributed by atoms with Gasteiger partial charge in [0, 0.05) is 0 Å². The Morgan fingerprint density at radius 3 is 3.00 bits per heavy atom. The minimum absolute atomic E-state index is 0.103. The molecule has 0 aromatic carbocycles. The van der Waals surface area contributed by atoms with Gasteiger partial charge in [0.15, 0.2) is 0 Å². The van der Waals surface area contributed by atoms with Crippen molar-refractivity contribution in [1.29, 1.82) is 0 Å². The van der Waals surface area contributed by atoms with Crippen LogP contribution in [-0.2, 0) is 14.4 Å². The van der Waals surface area contributed by atoms with E-state index in [0.29, 0.717) is 12.4 Å². The second-order valence-electron chi connectivity index (χ2n) is 4.66. The van der Waals surface area contributed by atoms with Crippen molar-refractivity contribution in [2.24, 2.45) is 5.16 Å². The molecule has 0 saturated heterocycles. The number of hydrogen-bond donors (Lipinski definition) is 0. The summed E-state index contributed by atoms with van der Waals surface area (Å²) in [4.78, 5) is 16.0. The van der Waals surface area contributed by atoms with Crippen molar-refractivity contribution in [3.63, 3.8) is 0 Å². The highest BCUT2D eigenvalue weighted by molar-refractivity contribution is 7.99. The summed E-state index contributed by atoms with van der Waals surface area (Å²) < 4.78 is 4.88. The van der Waals surface area contributed by atoms with E-state index in [1.807, 2.05) is 6.92 Å². The molecule has 0 spiro atoms. The monoisotopic (exact) mass is 299 g/mol. The first kappa shape index (κ1) is 17.1. The predicted octanol–water partition coefficient (Wildman–Crippen LogP) is 3.57. The fourth-order valence-electron chi connectivity index (χ4n) is 2.18. The van der Waals surface area contributed by atoms with Gasteiger partial charge < -0.3 is 9.57 Å². The van der Waals surface area contributed by atoms with Gasteiger partial charge in [0.05, 0.1) is 18.1 Å². The van der Waals surface area contributed by atoms with Crippen LogP contribution < -0.4 is 0 Å². The van der Waals surface area contributed by atoms with Gasteiger partial charge in [-0.05, 0) is 50.4 Å². The molecule has 0 heterocycles. The average Bonchev–Trinajstić information content (AvgIpc) is 2.86. The Labute approximate surface area is 126 Å². The van der Waals surface area contributed by atoms with Gasteiger partial charge in [0.2, 0.25) is 0 Å². The van der Waals surface area contributed by atoms with Gasteiger partial charge in [-0.15, -0.1) is 0 Å². The Hall–Kier alpha value is -0.970. The van der Waals surface area contributed by atoms with E-state index >= 15 is 0 Å². The number of hydrogen-bond acceptors (Lipinski definition) is 5. The molecular weight excluding hydrogens is 274 g/mol. The fraction of sp³-hybridized carbons (Fsp3) is 0.733. The normalized spacial score (nSPS) is 16.3. The molecule has 5 heteroatoms. The molecule has 0 N–H and O–H groups in total. The molecule has 114 valence electrons. The van der Waals surface area contributed by atoms with Crippen molar-refractivity contribution in [3.8, 4) is 0 Å². The highest BCUT2D eigenvalue weighted by Gasteiger charge is 2.13. The van der Waals surface area contributed by atoms with Gasteiger partial charge in [-0.1, -0.05) is 17.7 Å². The molecule has 0 fully saturated rings. The van der Waals surface area contributed by atoms with Crippen molar-refractivity contribution in [2.75, 3.05) is 25.2 Å². The third kappa shape index (κ3) is 6.98. The predicted molar refractivity (Wildman–Crippen MR) is 84.2 cm³/mol. The highest BCUT2D eigenvalue weighted by Crippen LogP contribution is 2.21. The molecule has 0 radical (unpaired) electrons. The molecule has 4 nitrogen and oxygen atoms in total. The number of rotatable bonds is 10. The van der Waals surface area contributed by atoms with Gasteiger partial charge >= 0.3 is 5.97 Å². The maximum absolute atomic E-state index is 11.1. The third-order valence-electron chi connectivity index (χ3n) is 3.10. The second kappa shape index (κ2) is 10.8. The molecule has 0 atom stereocenters. The van der Waals surface area contributed by atoms with E-state index in [0.717, 1.165) is 37.1 Å². The summed E-state index contributed by atoms with van der Waals surface area (Å²) in [5.41, 5.74) is 2.47. The fourth-order valence-corrected chi connectivity index (χ4v) is 2.98. The number of thioether (sulfide) groups is 1. The summed E-state index contributed by atoms with van der Waals surface area (Å²) >= 11 is 1.66. The molecule has 0 aromatic rings. The van der Waals surface area contributed by atoms with Crippen LogP contribution in [0, 0.1) is 0 Å². The van der Waals surface area contributed by atoms with Crippen LogP contribution >= 0.6 is 11.8 Å². The molecular formula is C15H25NO3S. The molecule has 1 rings (SSSR count). The van der Waals surface area contributed by atoms with Crippen LogP contribution in [0.1, 0.15) is 45.4 Å². The van der Waals surface area contributed by atoms with Crippen LogP contribution in [0.25, 0.3) is 0 Å². The molecule has 20 heavy (non-hydrogen) atoms. The SMILES string of the molecule is CCOC(=O)CSCCCCCC1=CCCC1=NOC. The molecule has 0 aromatic heterocycles. The van der Waals surface area contributed by atoms with Crippen LogP contribution in [-0.4, -0.2) is 36.9 Å². The Morgan fingerprint density at radius 2 is 2.25 bits per heavy atom. The number of oxime groups is 1. The number of carbonyl (C=O) groups is 1. The minimum atomic E-state index is -0.103. The maximum Gasteiger partial charge on any atom is 0.315 e. The van der Waals surface area contributed by atoms with E-state index in [-0.39, 0.29) is 5.97 Å². The summed E-state index contributed by atoms with van der Waals surface area (Å²) in [6.07, 6.45) is 8.97. The number of carbonyl (C=O) groups excluding carboxylic acids is 1. The smallest absolute Gasteiger partial charge is 0.315 e. The zero-order valence-corrected chi connectivity index (χ0v) is 13.3. The van der Waals surface area contributed by atoms with Crippen LogP contribution in [0.4, 0.5) is 0 Å². The van der Waals surface area contributed by atoms with E-state index in [9.17, 15) is 4.79 Å². The summed E-state index contributed by atoms with van der Waals surface area (Å²) in [5, 5.41) is 4.06. The van der Waals surface area contributed by atoms with Gasteiger partial charge in [0.25, 0.3) is 0 Å². The van der Waals surface area contributed by atoms with Gasteiger partial charge in [-0.25, -0.2) is 0 Å².